The average molecular weight is 849 g/mol. The Morgan fingerprint density at radius 1 is 1.10 bits per heavy atom. The molecule has 336 valence electrons. The maximum absolute atomic E-state index is 16.9. The number of alkyl halides is 1. The lowest BCUT2D eigenvalue weighted by Crippen LogP contribution is -2.64. The van der Waals surface area contributed by atoms with Gasteiger partial charge >= 0.3 is 12.1 Å². The highest BCUT2D eigenvalue weighted by Crippen LogP contribution is 2.41. The van der Waals surface area contributed by atoms with Crippen molar-refractivity contribution in [3.8, 4) is 11.4 Å². The number of hydrogen-bond donors (Lipinski definition) is 4. The smallest absolute Gasteiger partial charge is 0.410 e. The number of pyridine rings is 1. The van der Waals surface area contributed by atoms with Crippen LogP contribution in [-0.2, 0) is 39.8 Å². The molecule has 0 aliphatic carbocycles. The highest BCUT2D eigenvalue weighted by Gasteiger charge is 2.60. The van der Waals surface area contributed by atoms with E-state index in [9.17, 15) is 24.6 Å². The number of aromatic nitrogens is 4. The van der Waals surface area contributed by atoms with Gasteiger partial charge in [0.15, 0.2) is 17.7 Å². The van der Waals surface area contributed by atoms with Crippen LogP contribution in [0.2, 0.25) is 0 Å². The summed E-state index contributed by atoms with van der Waals surface area (Å²) in [5, 5.41) is 33.5. The number of ketones is 1. The molecule has 3 aliphatic heterocycles. The minimum atomic E-state index is -3.17. The normalized spacial score (nSPS) is 37.1. The number of carbonyl (C=O) groups excluding carboxylic acids is 3. The van der Waals surface area contributed by atoms with Gasteiger partial charge in [-0.3, -0.25) is 14.4 Å². The second-order valence-corrected chi connectivity index (χ2v) is 17.4. The molecule has 2 aromatic heterocycles. The van der Waals surface area contributed by atoms with Gasteiger partial charge in [-0.05, 0) is 93.0 Å². The van der Waals surface area contributed by atoms with Gasteiger partial charge in [0.2, 0.25) is 0 Å². The Labute approximate surface area is 351 Å². The summed E-state index contributed by atoms with van der Waals surface area (Å²) in [5.74, 6) is -3.54. The number of likely N-dealkylation sites (N-methyl/N-ethyl adjacent to an activating group) is 1. The summed E-state index contributed by atoms with van der Waals surface area (Å²) in [4.78, 5) is 49.7. The number of Topliss-reactive ketones (excluding diaryl/α,β-unsaturated/α-hetero) is 1. The number of unbranched alkanes of at least 4 members (excludes halogenated alkanes) is 1. The molecule has 18 nitrogen and oxygen atoms in total. The summed E-state index contributed by atoms with van der Waals surface area (Å²) >= 11 is 0. The van der Waals surface area contributed by atoms with Gasteiger partial charge in [0.25, 0.3) is 5.67 Å². The molecule has 0 unspecified atom stereocenters. The van der Waals surface area contributed by atoms with Gasteiger partial charge in [-0.15, -0.1) is 5.10 Å². The molecule has 3 fully saturated rings. The molecule has 19 heteroatoms. The lowest BCUT2D eigenvalue weighted by molar-refractivity contribution is -0.300. The van der Waals surface area contributed by atoms with Crippen LogP contribution in [0.1, 0.15) is 80.6 Å². The third-order valence-corrected chi connectivity index (χ3v) is 12.5. The molecule has 0 saturated carbocycles. The molecule has 5 rings (SSSR count). The molecule has 0 bridgehead atoms. The molecular weight excluding hydrogens is 783 g/mol. The Bertz CT molecular complexity index is 1800. The monoisotopic (exact) mass is 848 g/mol. The number of fused-ring (bicyclic) bond motifs is 1. The number of methoxy groups -OCH3 is 1. The van der Waals surface area contributed by atoms with Gasteiger partial charge in [0, 0.05) is 44.2 Å². The summed E-state index contributed by atoms with van der Waals surface area (Å²) in [5.41, 5.74) is 1.03. The molecule has 3 aliphatic rings. The van der Waals surface area contributed by atoms with E-state index >= 15 is 4.39 Å². The fourth-order valence-corrected chi connectivity index (χ4v) is 9.29. The third kappa shape index (κ3) is 9.77. The van der Waals surface area contributed by atoms with Crippen LogP contribution in [0.15, 0.2) is 24.4 Å². The Kier molecular flexibility index (Phi) is 15.0. The first kappa shape index (κ1) is 47.2. The number of nitrogens with one attached hydrogen (secondary N) is 1. The summed E-state index contributed by atoms with van der Waals surface area (Å²) in [6.45, 7) is 11.7. The minimum Gasteiger partial charge on any atom is -0.455 e. The number of anilines is 1. The van der Waals surface area contributed by atoms with Gasteiger partial charge in [0.05, 0.1) is 42.3 Å². The zero-order valence-corrected chi connectivity index (χ0v) is 36.5. The molecular formula is C41H65FN8O10. The van der Waals surface area contributed by atoms with Gasteiger partial charge in [-0.2, -0.15) is 0 Å². The molecule has 3 saturated heterocycles. The second kappa shape index (κ2) is 19.0. The largest absolute Gasteiger partial charge is 0.455 e. The third-order valence-electron chi connectivity index (χ3n) is 12.5. The van der Waals surface area contributed by atoms with E-state index in [1.54, 1.807) is 73.7 Å². The van der Waals surface area contributed by atoms with E-state index in [0.29, 0.717) is 43.0 Å². The van der Waals surface area contributed by atoms with Gasteiger partial charge in [0.1, 0.15) is 23.7 Å². The number of aliphatic hydroxyl groups excluding tert-OH is 2. The van der Waals surface area contributed by atoms with Gasteiger partial charge < -0.3 is 49.8 Å². The van der Waals surface area contributed by atoms with Crippen molar-refractivity contribution in [3.63, 3.8) is 0 Å². The summed E-state index contributed by atoms with van der Waals surface area (Å²) in [6.07, 6.45) is -2.71. The lowest BCUT2D eigenvalue weighted by Gasteiger charge is -2.47. The molecule has 5 N–H and O–H groups in total. The highest BCUT2D eigenvalue weighted by molar-refractivity contribution is 6.07. The van der Waals surface area contributed by atoms with Crippen molar-refractivity contribution < 1.29 is 52.7 Å². The van der Waals surface area contributed by atoms with E-state index in [1.165, 1.54) is 14.0 Å². The number of amides is 1. The van der Waals surface area contributed by atoms with Crippen LogP contribution in [0.4, 0.5) is 15.0 Å². The quantitative estimate of drug-likeness (QED) is 0.137. The van der Waals surface area contributed by atoms with Crippen molar-refractivity contribution in [2.24, 2.45) is 5.92 Å². The highest BCUT2D eigenvalue weighted by atomic mass is 19.1. The fourth-order valence-electron chi connectivity index (χ4n) is 9.29. The van der Waals surface area contributed by atoms with Gasteiger partial charge in [-0.25, -0.2) is 19.0 Å². The number of ether oxygens (including phenoxy) is 5. The predicted molar refractivity (Wildman–Crippen MR) is 217 cm³/mol. The summed E-state index contributed by atoms with van der Waals surface area (Å²) in [6, 6.07) is 3.22. The van der Waals surface area contributed by atoms with Gasteiger partial charge in [-0.1, -0.05) is 25.1 Å². The van der Waals surface area contributed by atoms with Crippen molar-refractivity contribution in [1.29, 1.82) is 0 Å². The molecule has 2 aromatic rings. The van der Waals surface area contributed by atoms with Crippen molar-refractivity contribution in [3.05, 3.63) is 24.4 Å². The summed E-state index contributed by atoms with van der Waals surface area (Å²) < 4.78 is 49.2. The van der Waals surface area contributed by atoms with E-state index in [2.05, 4.69) is 20.6 Å². The van der Waals surface area contributed by atoms with Crippen LogP contribution >= 0.6 is 0 Å². The number of aryl methyl sites for hydroxylation is 1. The van der Waals surface area contributed by atoms with E-state index in [4.69, 9.17) is 29.4 Å². The number of hydrogen-bond acceptors (Lipinski definition) is 16. The standard InChI is InChI=1S/C41H65FN8O10/c1-11-30-41(7)33(50(38(55)60-41)18-13-12-17-49-21-28(46-47-49)27-15-14-16-31(43)45-27)25(4)44-23(2)20-39(5,56-10)35(24(3)34(53)40(6,42)37(54)58-30)59-36-32(52)29(48(8)9)19-26(22-51)57-36/h14-16,21,23-26,29-30,32-33,35-36,44,51-52H,11-13,17-20,22H2,1-10H3,(H2,43,45)/t23-,24+,25-,26+,29+,30-,32-,33-,35-,36+,39+,40+,41-/m1/s1. The molecule has 5 heterocycles. The zero-order valence-electron chi connectivity index (χ0n) is 36.5. The Balaban J connectivity index is 1.43. The molecule has 0 spiro atoms. The molecule has 0 radical (unpaired) electrons. The molecule has 13 atom stereocenters. The maximum Gasteiger partial charge on any atom is 0.410 e. The van der Waals surface area contributed by atoms with Crippen LogP contribution in [0, 0.1) is 5.92 Å². The first-order valence-corrected chi connectivity index (χ1v) is 20.8. The number of nitrogens with two attached hydrogens (primary N) is 1. The van der Waals surface area contributed by atoms with Crippen LogP contribution in [0.5, 0.6) is 0 Å². The van der Waals surface area contributed by atoms with E-state index < -0.39 is 89.5 Å². The number of halogens is 1. The first-order chi connectivity index (χ1) is 28.2. The SMILES string of the molecule is CC[C@H]1OC(=O)[C@@](C)(F)C(=O)[C@H](C)[C@@H](O[C@@H]2O[C@H](CO)C[C@H](N(C)C)[C@H]2O)[C@@](C)(OC)C[C@@H](C)N[C@H](C)[C@H]2N(CCCCn3cc(-c4cccc(N)n4)nn3)C(=O)O[C@]12C. The Morgan fingerprint density at radius 3 is 2.43 bits per heavy atom. The number of carbonyl (C=O) groups is 3. The number of cyclic esters (lactones) is 1. The Hall–Kier alpha value is -3.85. The fraction of sp³-hybridized carbons (Fsp3) is 0.756. The average Bonchev–Trinajstić information content (AvgIpc) is 3.78. The Morgan fingerprint density at radius 2 is 1.80 bits per heavy atom. The number of aliphatic hydroxyl groups is 2. The van der Waals surface area contributed by atoms with E-state index in [-0.39, 0.29) is 32.0 Å². The van der Waals surface area contributed by atoms with E-state index in [1.807, 2.05) is 13.8 Å². The van der Waals surface area contributed by atoms with Crippen molar-refractivity contribution in [2.45, 2.75) is 159 Å². The minimum absolute atomic E-state index is 0.141. The number of esters is 1. The lowest BCUT2D eigenvalue weighted by atomic mass is 9.78. The number of nitrogens with zero attached hydrogens (tertiary/aromatic N) is 6. The van der Waals surface area contributed by atoms with Crippen LogP contribution in [0.3, 0.4) is 0 Å². The number of rotatable bonds is 12. The second-order valence-electron chi connectivity index (χ2n) is 17.4. The molecule has 1 amide bonds. The topological polar surface area (TPSA) is 226 Å². The van der Waals surface area contributed by atoms with Crippen LogP contribution < -0.4 is 11.1 Å². The van der Waals surface area contributed by atoms with Crippen LogP contribution in [0.25, 0.3) is 11.4 Å². The van der Waals surface area contributed by atoms with Crippen molar-refractivity contribution >= 4 is 23.7 Å². The van der Waals surface area contributed by atoms with Crippen molar-refractivity contribution in [1.82, 2.24) is 35.1 Å². The van der Waals surface area contributed by atoms with Crippen molar-refractivity contribution in [2.75, 3.05) is 40.1 Å². The maximum atomic E-state index is 16.9. The predicted octanol–water partition coefficient (Wildman–Crippen LogP) is 2.50. The zero-order chi connectivity index (χ0) is 44.3. The van der Waals surface area contributed by atoms with E-state index in [0.717, 1.165) is 6.92 Å². The molecule has 0 aromatic carbocycles. The van der Waals surface area contributed by atoms with Crippen LogP contribution in [-0.4, -0.2) is 164 Å². The molecule has 60 heavy (non-hydrogen) atoms. The first-order valence-electron chi connectivity index (χ1n) is 20.8. The number of nitrogen functional groups attached to an aromatic ring is 1. The summed E-state index contributed by atoms with van der Waals surface area (Å²) in [7, 11) is 5.00.